The van der Waals surface area contributed by atoms with Crippen molar-refractivity contribution in [1.82, 2.24) is 0 Å². The lowest BCUT2D eigenvalue weighted by Gasteiger charge is -2.61. The van der Waals surface area contributed by atoms with Crippen LogP contribution in [0.1, 0.15) is 76.7 Å². The summed E-state index contributed by atoms with van der Waals surface area (Å²) in [5, 5.41) is 15.5. The van der Waals surface area contributed by atoms with Gasteiger partial charge < -0.3 is 9.52 Å². The molecule has 0 bridgehead atoms. The Labute approximate surface area is 171 Å². The third-order valence-corrected chi connectivity index (χ3v) is 9.54. The second kappa shape index (κ2) is 6.37. The van der Waals surface area contributed by atoms with Crippen LogP contribution in [-0.2, 0) is 0 Å². The quantitative estimate of drug-likeness (QED) is 0.566. The molecular weight excluding hydrogens is 366 g/mol. The highest BCUT2D eigenvalue weighted by Gasteiger charge is 2.66. The van der Waals surface area contributed by atoms with E-state index in [4.69, 9.17) is 4.42 Å². The zero-order valence-electron chi connectivity index (χ0n) is 17.4. The largest absolute Gasteiger partial charge is 0.431 e. The molecule has 156 valence electrons. The van der Waals surface area contributed by atoms with Crippen LogP contribution in [-0.4, -0.2) is 16.7 Å². The molecule has 1 aromatic rings. The van der Waals surface area contributed by atoms with Crippen LogP contribution >= 0.6 is 0 Å². The van der Waals surface area contributed by atoms with Crippen molar-refractivity contribution >= 4 is 0 Å². The number of allylic oxidation sites excluding steroid dienone is 1. The molecule has 3 unspecified atom stereocenters. The van der Waals surface area contributed by atoms with Crippen molar-refractivity contribution in [3.63, 3.8) is 0 Å². The molecule has 7 atom stereocenters. The molecular formula is C24H31NO4. The van der Waals surface area contributed by atoms with Gasteiger partial charge in [0.1, 0.15) is 0 Å². The number of hydrogen-bond acceptors (Lipinski definition) is 5. The van der Waals surface area contributed by atoms with Crippen LogP contribution in [0.4, 0.5) is 0 Å². The summed E-state index contributed by atoms with van der Waals surface area (Å²) in [6, 6.07) is 3.30. The van der Waals surface area contributed by atoms with E-state index < -0.39 is 5.60 Å². The summed E-state index contributed by atoms with van der Waals surface area (Å²) in [7, 11) is 0. The average molecular weight is 398 g/mol. The first kappa shape index (κ1) is 19.2. The fourth-order valence-corrected chi connectivity index (χ4v) is 7.80. The maximum atomic E-state index is 12.2. The van der Waals surface area contributed by atoms with Gasteiger partial charge in [-0.25, -0.2) is 4.79 Å². The Balaban J connectivity index is 1.50. The van der Waals surface area contributed by atoms with Gasteiger partial charge in [0.25, 0.3) is 0 Å². The van der Waals surface area contributed by atoms with Crippen molar-refractivity contribution in [3.05, 3.63) is 50.9 Å². The van der Waals surface area contributed by atoms with Gasteiger partial charge in [-0.05, 0) is 86.2 Å². The fourth-order valence-electron chi connectivity index (χ4n) is 7.80. The molecule has 0 amide bonds. The molecule has 1 heterocycles. The Hall–Kier alpha value is -1.75. The van der Waals surface area contributed by atoms with Crippen LogP contribution in [0.15, 0.2) is 44.4 Å². The third-order valence-electron chi connectivity index (χ3n) is 9.54. The highest BCUT2D eigenvalue weighted by atomic mass is 16.4. The molecule has 0 aromatic carbocycles. The maximum Gasteiger partial charge on any atom is 0.335 e. The van der Waals surface area contributed by atoms with Crippen LogP contribution in [0.25, 0.3) is 0 Å². The first-order valence-electron chi connectivity index (χ1n) is 11.1. The van der Waals surface area contributed by atoms with Crippen LogP contribution in [0.5, 0.6) is 0 Å². The molecule has 5 rings (SSSR count). The van der Waals surface area contributed by atoms with Crippen molar-refractivity contribution < 1.29 is 9.52 Å². The number of hydrogen-bond donors (Lipinski definition) is 1. The maximum absolute atomic E-state index is 12.2. The summed E-state index contributed by atoms with van der Waals surface area (Å²) in [5.74, 6) is 0.920. The molecule has 0 spiro atoms. The van der Waals surface area contributed by atoms with Crippen molar-refractivity contribution in [2.75, 3.05) is 0 Å². The summed E-state index contributed by atoms with van der Waals surface area (Å²) in [6.45, 7) is 4.61. The lowest BCUT2D eigenvalue weighted by atomic mass is 9.45. The number of nitroso groups, excluding NO2 is 1. The van der Waals surface area contributed by atoms with Crippen LogP contribution in [0, 0.1) is 27.6 Å². The number of nitrogens with zero attached hydrogens (tertiary/aromatic N) is 1. The van der Waals surface area contributed by atoms with E-state index in [-0.39, 0.29) is 34.3 Å². The third kappa shape index (κ3) is 2.52. The summed E-state index contributed by atoms with van der Waals surface area (Å²) in [5.41, 5.74) is 1.28. The molecule has 1 N–H and O–H groups in total. The first-order chi connectivity index (χ1) is 13.8. The van der Waals surface area contributed by atoms with Gasteiger partial charge in [0.15, 0.2) is 0 Å². The number of rotatable bonds is 2. The predicted molar refractivity (Wildman–Crippen MR) is 110 cm³/mol. The van der Waals surface area contributed by atoms with Gasteiger partial charge in [0, 0.05) is 11.5 Å². The molecule has 3 saturated carbocycles. The van der Waals surface area contributed by atoms with Crippen LogP contribution < -0.4 is 5.63 Å². The SMILES string of the molecule is C[C@]12CCC(N=O)CC1=CCC1C2CC[C@]2(C)[C@@H](c3ccc(=O)oc3)CC[C@]12O. The van der Waals surface area contributed by atoms with Gasteiger partial charge in [-0.3, -0.25) is 0 Å². The molecule has 1 aromatic heterocycles. The van der Waals surface area contributed by atoms with E-state index in [2.05, 4.69) is 25.1 Å². The normalized spacial score (nSPS) is 46.2. The molecule has 0 saturated heterocycles. The Morgan fingerprint density at radius 3 is 2.66 bits per heavy atom. The topological polar surface area (TPSA) is 79.9 Å². The lowest BCUT2D eigenvalue weighted by molar-refractivity contribution is -0.171. The standard InChI is InChI=1S/C24H31NO4/c1-22-10-7-17(25-28)13-16(22)4-5-20-19(22)8-11-23(2)18(9-12-24(20,23)27)15-3-6-21(26)29-14-15/h3-4,6,14,17-20,27H,5,7-13H2,1-2H3/t17?,18-,19?,20?,22+,23-,24+/m1/s1. The fraction of sp³-hybridized carbons (Fsp3) is 0.708. The summed E-state index contributed by atoms with van der Waals surface area (Å²) < 4.78 is 5.16. The molecule has 5 nitrogen and oxygen atoms in total. The van der Waals surface area contributed by atoms with Gasteiger partial charge in [0.2, 0.25) is 0 Å². The van der Waals surface area contributed by atoms with E-state index in [1.165, 1.54) is 11.6 Å². The highest BCUT2D eigenvalue weighted by molar-refractivity contribution is 5.31. The van der Waals surface area contributed by atoms with Crippen LogP contribution in [0.2, 0.25) is 0 Å². The number of aliphatic hydroxyl groups is 1. The van der Waals surface area contributed by atoms with Crippen molar-refractivity contribution in [2.45, 2.75) is 82.8 Å². The minimum Gasteiger partial charge on any atom is -0.431 e. The Kier molecular flexibility index (Phi) is 4.22. The predicted octanol–water partition coefficient (Wildman–Crippen LogP) is 4.94. The van der Waals surface area contributed by atoms with E-state index in [1.54, 1.807) is 6.26 Å². The van der Waals surface area contributed by atoms with E-state index in [0.29, 0.717) is 5.92 Å². The number of fused-ring (bicyclic) bond motifs is 5. The van der Waals surface area contributed by atoms with E-state index in [0.717, 1.165) is 56.9 Å². The zero-order chi connectivity index (χ0) is 20.4. The Morgan fingerprint density at radius 2 is 1.93 bits per heavy atom. The summed E-state index contributed by atoms with van der Waals surface area (Å²) in [4.78, 5) is 22.5. The smallest absolute Gasteiger partial charge is 0.335 e. The molecule has 3 fully saturated rings. The molecule has 29 heavy (non-hydrogen) atoms. The van der Waals surface area contributed by atoms with Gasteiger partial charge >= 0.3 is 5.63 Å². The molecule has 4 aliphatic rings. The molecule has 0 radical (unpaired) electrons. The Bertz CT molecular complexity index is 901. The lowest BCUT2D eigenvalue weighted by Crippen LogP contribution is -2.60. The molecule has 4 aliphatic carbocycles. The second-order valence-corrected chi connectivity index (χ2v) is 10.5. The summed E-state index contributed by atoms with van der Waals surface area (Å²) >= 11 is 0. The average Bonchev–Trinajstić information content (AvgIpc) is 2.99. The first-order valence-corrected chi connectivity index (χ1v) is 11.1. The minimum absolute atomic E-state index is 0.0774. The highest BCUT2D eigenvalue weighted by Crippen LogP contribution is 2.69. The van der Waals surface area contributed by atoms with Crippen molar-refractivity contribution in [1.29, 1.82) is 0 Å². The molecule has 0 aliphatic heterocycles. The van der Waals surface area contributed by atoms with E-state index >= 15 is 0 Å². The van der Waals surface area contributed by atoms with E-state index in [9.17, 15) is 14.8 Å². The Morgan fingerprint density at radius 1 is 1.10 bits per heavy atom. The van der Waals surface area contributed by atoms with Crippen LogP contribution in [0.3, 0.4) is 0 Å². The van der Waals surface area contributed by atoms with Gasteiger partial charge in [-0.2, -0.15) is 4.91 Å². The van der Waals surface area contributed by atoms with Gasteiger partial charge in [-0.15, -0.1) is 0 Å². The van der Waals surface area contributed by atoms with Crippen molar-refractivity contribution in [3.8, 4) is 0 Å². The van der Waals surface area contributed by atoms with E-state index in [1.807, 2.05) is 6.07 Å². The zero-order valence-corrected chi connectivity index (χ0v) is 17.4. The molecule has 5 heteroatoms. The van der Waals surface area contributed by atoms with Gasteiger partial charge in [0.05, 0.1) is 17.9 Å². The summed E-state index contributed by atoms with van der Waals surface area (Å²) in [6.07, 6.45) is 11.3. The minimum atomic E-state index is -0.707. The van der Waals surface area contributed by atoms with Gasteiger partial charge in [-0.1, -0.05) is 30.7 Å². The second-order valence-electron chi connectivity index (χ2n) is 10.5. The van der Waals surface area contributed by atoms with Crippen molar-refractivity contribution in [2.24, 2.45) is 27.8 Å². The monoisotopic (exact) mass is 397 g/mol.